The predicted octanol–water partition coefficient (Wildman–Crippen LogP) is 4.72. The summed E-state index contributed by atoms with van der Waals surface area (Å²) in [4.78, 5) is 4.64. The van der Waals surface area contributed by atoms with Gasteiger partial charge in [0.15, 0.2) is 11.8 Å². The maximum absolute atomic E-state index is 13.2. The van der Waals surface area contributed by atoms with Crippen molar-refractivity contribution in [3.63, 3.8) is 0 Å². The Morgan fingerprint density at radius 1 is 1.22 bits per heavy atom. The molecule has 0 saturated heterocycles. The number of aliphatic imine (C=N–C) groups is 1. The van der Waals surface area contributed by atoms with E-state index in [0.29, 0.717) is 19.0 Å². The zero-order chi connectivity index (χ0) is 22.5. The largest absolute Gasteiger partial charge is 0.416 e. The van der Waals surface area contributed by atoms with Crippen LogP contribution >= 0.6 is 24.0 Å². The zero-order valence-electron chi connectivity index (χ0n) is 18.8. The Hall–Kier alpha value is -1.85. The monoisotopic (exact) mass is 564 g/mol. The van der Waals surface area contributed by atoms with E-state index in [1.54, 1.807) is 6.07 Å². The van der Waals surface area contributed by atoms with Gasteiger partial charge in [0.1, 0.15) is 12.4 Å². The third-order valence-corrected chi connectivity index (χ3v) is 6.09. The van der Waals surface area contributed by atoms with Crippen LogP contribution in [0.3, 0.4) is 0 Å². The SMILES string of the molecule is CCCCNC(=NCc1nnc(C)n1C)NCC1(c2cccc(C(F)(F)F)c2)CCC1.I. The third-order valence-electron chi connectivity index (χ3n) is 6.09. The van der Waals surface area contributed by atoms with Crippen molar-refractivity contribution in [1.29, 1.82) is 0 Å². The van der Waals surface area contributed by atoms with Crippen LogP contribution in [-0.4, -0.2) is 33.8 Å². The predicted molar refractivity (Wildman–Crippen MR) is 130 cm³/mol. The molecule has 1 heterocycles. The molecule has 1 aliphatic carbocycles. The molecular weight excluding hydrogens is 532 g/mol. The van der Waals surface area contributed by atoms with E-state index in [2.05, 4.69) is 32.7 Å². The molecule has 0 bridgehead atoms. The minimum atomic E-state index is -4.34. The molecule has 6 nitrogen and oxygen atoms in total. The highest BCUT2D eigenvalue weighted by Gasteiger charge is 2.40. The van der Waals surface area contributed by atoms with E-state index in [0.717, 1.165) is 61.9 Å². The van der Waals surface area contributed by atoms with E-state index < -0.39 is 11.7 Å². The molecule has 10 heteroatoms. The molecule has 3 rings (SSSR count). The number of nitrogens with zero attached hydrogens (tertiary/aromatic N) is 4. The van der Waals surface area contributed by atoms with Gasteiger partial charge in [-0.2, -0.15) is 13.2 Å². The molecule has 1 aromatic carbocycles. The zero-order valence-corrected chi connectivity index (χ0v) is 21.1. The Balaban J connectivity index is 0.00000363. The van der Waals surface area contributed by atoms with Gasteiger partial charge < -0.3 is 15.2 Å². The molecule has 0 radical (unpaired) electrons. The lowest BCUT2D eigenvalue weighted by Gasteiger charge is -2.43. The van der Waals surface area contributed by atoms with Crippen LogP contribution in [0.2, 0.25) is 0 Å². The summed E-state index contributed by atoms with van der Waals surface area (Å²) in [5.41, 5.74) is -0.169. The van der Waals surface area contributed by atoms with E-state index in [1.807, 2.05) is 18.5 Å². The van der Waals surface area contributed by atoms with Crippen molar-refractivity contribution < 1.29 is 13.2 Å². The Morgan fingerprint density at radius 3 is 2.53 bits per heavy atom. The molecule has 2 aromatic rings. The van der Waals surface area contributed by atoms with Gasteiger partial charge in [-0.1, -0.05) is 38.0 Å². The smallest absolute Gasteiger partial charge is 0.356 e. The van der Waals surface area contributed by atoms with Crippen molar-refractivity contribution in [3.8, 4) is 0 Å². The Bertz CT molecular complexity index is 905. The number of aryl methyl sites for hydroxylation is 1. The summed E-state index contributed by atoms with van der Waals surface area (Å²) in [6.45, 7) is 5.68. The van der Waals surface area contributed by atoms with Gasteiger partial charge in [0, 0.05) is 25.6 Å². The van der Waals surface area contributed by atoms with E-state index in [4.69, 9.17) is 0 Å². The van der Waals surface area contributed by atoms with Crippen molar-refractivity contribution in [2.24, 2.45) is 12.0 Å². The van der Waals surface area contributed by atoms with Gasteiger partial charge in [-0.05, 0) is 37.8 Å². The normalized spacial score (nSPS) is 15.6. The number of rotatable bonds is 8. The van der Waals surface area contributed by atoms with E-state index >= 15 is 0 Å². The lowest BCUT2D eigenvalue weighted by molar-refractivity contribution is -0.137. The number of hydrogen-bond donors (Lipinski definition) is 2. The van der Waals surface area contributed by atoms with Gasteiger partial charge in [0.05, 0.1) is 5.56 Å². The van der Waals surface area contributed by atoms with Gasteiger partial charge in [0.2, 0.25) is 0 Å². The molecule has 178 valence electrons. The summed E-state index contributed by atoms with van der Waals surface area (Å²) in [5, 5.41) is 14.9. The lowest BCUT2D eigenvalue weighted by Crippen LogP contribution is -2.49. The number of aromatic nitrogens is 3. The molecule has 1 saturated carbocycles. The number of guanidine groups is 1. The fourth-order valence-electron chi connectivity index (χ4n) is 3.75. The average molecular weight is 564 g/mol. The van der Waals surface area contributed by atoms with Crippen LogP contribution in [0.4, 0.5) is 13.2 Å². The highest BCUT2D eigenvalue weighted by Crippen LogP contribution is 2.44. The first-order chi connectivity index (χ1) is 14.7. The summed E-state index contributed by atoms with van der Waals surface area (Å²) >= 11 is 0. The Labute approximate surface area is 204 Å². The van der Waals surface area contributed by atoms with Crippen molar-refractivity contribution >= 4 is 29.9 Å². The maximum atomic E-state index is 13.2. The van der Waals surface area contributed by atoms with Crippen molar-refractivity contribution in [2.45, 2.75) is 64.1 Å². The quantitative estimate of drug-likeness (QED) is 0.211. The first-order valence-electron chi connectivity index (χ1n) is 10.8. The number of alkyl halides is 3. The molecule has 1 fully saturated rings. The third kappa shape index (κ3) is 6.35. The highest BCUT2D eigenvalue weighted by molar-refractivity contribution is 14.0. The van der Waals surface area contributed by atoms with Crippen LogP contribution in [0.5, 0.6) is 0 Å². The van der Waals surface area contributed by atoms with Crippen molar-refractivity contribution in [3.05, 3.63) is 47.0 Å². The molecule has 0 amide bonds. The van der Waals surface area contributed by atoms with Gasteiger partial charge in [-0.3, -0.25) is 0 Å². The summed E-state index contributed by atoms with van der Waals surface area (Å²) in [5.74, 6) is 2.22. The van der Waals surface area contributed by atoms with Gasteiger partial charge in [-0.25, -0.2) is 4.99 Å². The van der Waals surface area contributed by atoms with E-state index in [1.165, 1.54) is 12.1 Å². The van der Waals surface area contributed by atoms with Crippen LogP contribution in [0, 0.1) is 6.92 Å². The second-order valence-electron chi connectivity index (χ2n) is 8.23. The molecule has 2 N–H and O–H groups in total. The molecule has 0 spiro atoms. The first-order valence-corrected chi connectivity index (χ1v) is 10.8. The molecule has 32 heavy (non-hydrogen) atoms. The van der Waals surface area contributed by atoms with Crippen molar-refractivity contribution in [1.82, 2.24) is 25.4 Å². The number of halogens is 4. The fourth-order valence-corrected chi connectivity index (χ4v) is 3.75. The number of hydrogen-bond acceptors (Lipinski definition) is 3. The summed E-state index contributed by atoms with van der Waals surface area (Å²) in [6.07, 6.45) is 0.431. The average Bonchev–Trinajstić information content (AvgIpc) is 3.02. The van der Waals surface area contributed by atoms with Gasteiger partial charge in [-0.15, -0.1) is 34.2 Å². The molecular formula is C22H32F3IN6. The summed E-state index contributed by atoms with van der Waals surface area (Å²) < 4.78 is 41.5. The van der Waals surface area contributed by atoms with Crippen LogP contribution in [0.1, 0.15) is 61.8 Å². The lowest BCUT2D eigenvalue weighted by atomic mass is 9.64. The standard InChI is InChI=1S/C22H31F3N6.HI/c1-4-5-12-26-20(27-14-19-30-29-16(2)31(19)3)28-15-21(10-7-11-21)17-8-6-9-18(13-17)22(23,24)25;/h6,8-9,13H,4-5,7,10-12,14-15H2,1-3H3,(H2,26,27,28);1H. The summed E-state index contributed by atoms with van der Waals surface area (Å²) in [7, 11) is 1.90. The second-order valence-corrected chi connectivity index (χ2v) is 8.23. The topological polar surface area (TPSA) is 67.1 Å². The van der Waals surface area contributed by atoms with Crippen LogP contribution in [-0.2, 0) is 25.2 Å². The number of benzene rings is 1. The van der Waals surface area contributed by atoms with Crippen LogP contribution < -0.4 is 10.6 Å². The highest BCUT2D eigenvalue weighted by atomic mass is 127. The minimum Gasteiger partial charge on any atom is -0.356 e. The molecule has 1 aromatic heterocycles. The molecule has 0 atom stereocenters. The van der Waals surface area contributed by atoms with Gasteiger partial charge in [0.25, 0.3) is 0 Å². The first kappa shape index (κ1) is 26.4. The fraction of sp³-hybridized carbons (Fsp3) is 0.591. The van der Waals surface area contributed by atoms with Crippen LogP contribution in [0.15, 0.2) is 29.3 Å². The van der Waals surface area contributed by atoms with Crippen molar-refractivity contribution in [2.75, 3.05) is 13.1 Å². The van der Waals surface area contributed by atoms with E-state index in [9.17, 15) is 13.2 Å². The van der Waals surface area contributed by atoms with Crippen LogP contribution in [0.25, 0.3) is 0 Å². The molecule has 1 aliphatic rings. The Morgan fingerprint density at radius 2 is 1.97 bits per heavy atom. The van der Waals surface area contributed by atoms with Gasteiger partial charge >= 0.3 is 6.18 Å². The number of nitrogens with one attached hydrogen (secondary N) is 2. The number of unbranched alkanes of at least 4 members (excludes halogenated alkanes) is 1. The maximum Gasteiger partial charge on any atom is 0.416 e. The molecule has 0 aliphatic heterocycles. The Kier molecular flexibility index (Phi) is 9.35. The van der Waals surface area contributed by atoms with E-state index in [-0.39, 0.29) is 29.4 Å². The second kappa shape index (κ2) is 11.3. The minimum absolute atomic E-state index is 0. The summed E-state index contributed by atoms with van der Waals surface area (Å²) in [6, 6.07) is 5.73. The molecule has 0 unspecified atom stereocenters.